The summed E-state index contributed by atoms with van der Waals surface area (Å²) in [5.41, 5.74) is 4.74. The van der Waals surface area contributed by atoms with Crippen LogP contribution in [0.25, 0.3) is 0 Å². The molecule has 0 bridgehead atoms. The Morgan fingerprint density at radius 1 is 1.30 bits per heavy atom. The summed E-state index contributed by atoms with van der Waals surface area (Å²) in [5.74, 6) is 0.377. The third kappa shape index (κ3) is 5.62. The van der Waals surface area contributed by atoms with Gasteiger partial charge in [0.25, 0.3) is 0 Å². The average molecular weight is 276 g/mol. The van der Waals surface area contributed by atoms with Gasteiger partial charge in [-0.25, -0.2) is 0 Å². The normalized spacial score (nSPS) is 13.7. The highest BCUT2D eigenvalue weighted by molar-refractivity contribution is 5.28. The van der Waals surface area contributed by atoms with Crippen molar-refractivity contribution < 1.29 is 15.3 Å². The number of rotatable bonds is 6. The minimum absolute atomic E-state index is 0.150. The maximum Gasteiger partial charge on any atom is 0.115 e. The molecule has 0 aliphatic carbocycles. The van der Waals surface area contributed by atoms with Gasteiger partial charge in [-0.3, -0.25) is 0 Å². The Morgan fingerprint density at radius 2 is 2.00 bits per heavy atom. The van der Waals surface area contributed by atoms with Crippen molar-refractivity contribution in [2.45, 2.75) is 45.8 Å². The molecule has 0 saturated carbocycles. The van der Waals surface area contributed by atoms with Gasteiger partial charge in [-0.1, -0.05) is 26.0 Å². The second-order valence-corrected chi connectivity index (χ2v) is 5.49. The van der Waals surface area contributed by atoms with E-state index in [4.69, 9.17) is 0 Å². The maximum atomic E-state index is 9.99. The summed E-state index contributed by atoms with van der Waals surface area (Å²) in [6.07, 6.45) is 1.79. The fourth-order valence-electron chi connectivity index (χ4n) is 1.82. The molecular weight excluding hydrogens is 252 g/mol. The average Bonchev–Trinajstić information content (AvgIpc) is 2.38. The summed E-state index contributed by atoms with van der Waals surface area (Å²) in [6, 6.07) is 6.61. The zero-order chi connectivity index (χ0) is 15.1. The van der Waals surface area contributed by atoms with Crippen LogP contribution in [0.4, 0.5) is 0 Å². The highest BCUT2D eigenvalue weighted by Crippen LogP contribution is 2.21. The van der Waals surface area contributed by atoms with Crippen LogP contribution in [-0.2, 0) is 0 Å². The number of phenolic OH excluding ortho intramolecular Hbond substituents is 1. The molecule has 0 aliphatic rings. The number of phenols is 1. The van der Waals surface area contributed by atoms with Crippen LogP contribution in [0.1, 0.15) is 45.3 Å². The van der Waals surface area contributed by atoms with E-state index in [-0.39, 0.29) is 17.8 Å². The summed E-state index contributed by atoms with van der Waals surface area (Å²) in [6.45, 7) is 5.88. The topological polar surface area (TPSA) is 60.7 Å². The predicted octanol–water partition coefficient (Wildman–Crippen LogP) is 3.32. The lowest BCUT2D eigenvalue weighted by Gasteiger charge is -2.13. The van der Waals surface area contributed by atoms with Crippen molar-refractivity contribution in [3.05, 3.63) is 47.2 Å². The third-order valence-electron chi connectivity index (χ3n) is 3.23. The van der Waals surface area contributed by atoms with Crippen LogP contribution >= 0.6 is 0 Å². The zero-order valence-corrected chi connectivity index (χ0v) is 12.4. The van der Waals surface area contributed by atoms with Crippen LogP contribution in [-0.4, -0.2) is 21.4 Å². The van der Waals surface area contributed by atoms with Crippen LogP contribution in [0, 0.1) is 5.92 Å². The molecule has 3 nitrogen and oxygen atoms in total. The van der Waals surface area contributed by atoms with Crippen molar-refractivity contribution in [2.24, 2.45) is 5.92 Å². The zero-order valence-electron chi connectivity index (χ0n) is 12.4. The van der Waals surface area contributed by atoms with Gasteiger partial charge >= 0.3 is 0 Å². The van der Waals surface area contributed by atoms with Crippen molar-refractivity contribution in [3.8, 4) is 5.75 Å². The molecule has 0 aliphatic heterocycles. The number of benzene rings is 1. The van der Waals surface area contributed by atoms with E-state index >= 15 is 0 Å². The first kappa shape index (κ1) is 16.5. The van der Waals surface area contributed by atoms with Crippen LogP contribution < -0.4 is 0 Å². The Bertz CT molecular complexity index is 485. The van der Waals surface area contributed by atoms with Gasteiger partial charge in [-0.2, -0.15) is 0 Å². The van der Waals surface area contributed by atoms with Crippen molar-refractivity contribution >= 4 is 0 Å². The van der Waals surface area contributed by atoms with Crippen molar-refractivity contribution in [1.29, 1.82) is 0 Å². The van der Waals surface area contributed by atoms with E-state index in [1.54, 1.807) is 30.3 Å². The number of hydrogen-bond acceptors (Lipinski definition) is 3. The van der Waals surface area contributed by atoms with Gasteiger partial charge in [-0.05, 0) is 42.2 Å². The smallest absolute Gasteiger partial charge is 0.115 e. The predicted molar refractivity (Wildman–Crippen MR) is 80.4 cm³/mol. The van der Waals surface area contributed by atoms with E-state index in [0.29, 0.717) is 18.4 Å². The molecule has 1 aromatic carbocycles. The Balaban J connectivity index is 2.59. The Labute approximate surface area is 120 Å². The molecule has 0 heterocycles. The molecule has 0 amide bonds. The van der Waals surface area contributed by atoms with Crippen molar-refractivity contribution in [1.82, 2.24) is 0 Å². The van der Waals surface area contributed by atoms with Gasteiger partial charge in [0.2, 0.25) is 0 Å². The number of aromatic hydroxyl groups is 1. The van der Waals surface area contributed by atoms with E-state index in [0.717, 1.165) is 5.57 Å². The lowest BCUT2D eigenvalue weighted by Crippen LogP contribution is -2.14. The molecule has 1 aromatic rings. The first-order valence-corrected chi connectivity index (χ1v) is 6.96. The van der Waals surface area contributed by atoms with Gasteiger partial charge in [0.15, 0.2) is 0 Å². The quantitative estimate of drug-likeness (QED) is 0.698. The lowest BCUT2D eigenvalue weighted by atomic mass is 10.0. The van der Waals surface area contributed by atoms with Gasteiger partial charge in [0.1, 0.15) is 5.75 Å². The Morgan fingerprint density at radius 3 is 2.60 bits per heavy atom. The van der Waals surface area contributed by atoms with Gasteiger partial charge in [0, 0.05) is 12.8 Å². The minimum Gasteiger partial charge on any atom is -0.508 e. The lowest BCUT2D eigenvalue weighted by molar-refractivity contribution is 0.125. The minimum atomic E-state index is -0.655. The van der Waals surface area contributed by atoms with Gasteiger partial charge < -0.3 is 15.3 Å². The van der Waals surface area contributed by atoms with Crippen LogP contribution in [0.2, 0.25) is 0 Å². The molecule has 0 saturated heterocycles. The molecule has 0 fully saturated rings. The van der Waals surface area contributed by atoms with Crippen LogP contribution in [0.3, 0.4) is 0 Å². The molecule has 20 heavy (non-hydrogen) atoms. The molecule has 110 valence electrons. The third-order valence-corrected chi connectivity index (χ3v) is 3.23. The summed E-state index contributed by atoms with van der Waals surface area (Å²) in [4.78, 5) is 0. The molecule has 0 radical (unpaired) electrons. The number of aliphatic hydroxyl groups excluding tert-OH is 2. The SMILES string of the molecule is CC(=C=CC[C@@H](O)c1cccc(O)c1)C[C@@H](O)C(C)C. The van der Waals surface area contributed by atoms with Crippen molar-refractivity contribution in [2.75, 3.05) is 0 Å². The standard InChI is InChI=1S/C17H24O3/c1-12(2)17(20)10-13(3)6-4-9-16(19)14-7-5-8-15(18)11-14/h4-5,7-8,11-12,16-20H,9-10H2,1-3H3/t6?,16-,17-/m1/s1. The fourth-order valence-corrected chi connectivity index (χ4v) is 1.82. The summed E-state index contributed by atoms with van der Waals surface area (Å²) in [5, 5.41) is 29.1. The summed E-state index contributed by atoms with van der Waals surface area (Å²) < 4.78 is 0. The van der Waals surface area contributed by atoms with E-state index in [9.17, 15) is 15.3 Å². The van der Waals surface area contributed by atoms with E-state index in [2.05, 4.69) is 5.73 Å². The van der Waals surface area contributed by atoms with E-state index in [1.165, 1.54) is 0 Å². The van der Waals surface area contributed by atoms with Crippen LogP contribution in [0.5, 0.6) is 5.75 Å². The molecule has 2 atom stereocenters. The largest absolute Gasteiger partial charge is 0.508 e. The monoisotopic (exact) mass is 276 g/mol. The number of aliphatic hydroxyl groups is 2. The maximum absolute atomic E-state index is 9.99. The van der Waals surface area contributed by atoms with Crippen LogP contribution in [0.15, 0.2) is 41.6 Å². The van der Waals surface area contributed by atoms with E-state index in [1.807, 2.05) is 20.8 Å². The van der Waals surface area contributed by atoms with Crippen molar-refractivity contribution in [3.63, 3.8) is 0 Å². The molecular formula is C17H24O3. The fraction of sp³-hybridized carbons (Fsp3) is 0.471. The second kappa shape index (κ2) is 7.91. The molecule has 3 heteroatoms. The van der Waals surface area contributed by atoms with E-state index < -0.39 is 6.10 Å². The summed E-state index contributed by atoms with van der Waals surface area (Å²) in [7, 11) is 0. The molecule has 3 N–H and O–H groups in total. The Kier molecular flexibility index (Phi) is 6.53. The number of hydrogen-bond donors (Lipinski definition) is 3. The molecule has 1 rings (SSSR count). The first-order valence-electron chi connectivity index (χ1n) is 6.96. The highest BCUT2D eigenvalue weighted by Gasteiger charge is 2.09. The first-order chi connectivity index (χ1) is 9.40. The van der Waals surface area contributed by atoms with Gasteiger partial charge in [0.05, 0.1) is 12.2 Å². The molecule has 0 aromatic heterocycles. The summed E-state index contributed by atoms with van der Waals surface area (Å²) >= 11 is 0. The second-order valence-electron chi connectivity index (χ2n) is 5.49. The highest BCUT2D eigenvalue weighted by atomic mass is 16.3. The van der Waals surface area contributed by atoms with Gasteiger partial charge in [-0.15, -0.1) is 5.73 Å². The molecule has 0 unspecified atom stereocenters. The molecule has 0 spiro atoms. The Hall–Kier alpha value is -1.54.